The molecule has 1 aromatic rings. The highest BCUT2D eigenvalue weighted by Crippen LogP contribution is 2.24. The van der Waals surface area contributed by atoms with E-state index in [9.17, 15) is 13.2 Å². The zero-order valence-corrected chi connectivity index (χ0v) is 13.1. The maximum absolute atomic E-state index is 12.0. The van der Waals surface area contributed by atoms with Gasteiger partial charge in [-0.05, 0) is 31.0 Å². The number of amides is 1. The van der Waals surface area contributed by atoms with Gasteiger partial charge in [0.1, 0.15) is 0 Å². The lowest BCUT2D eigenvalue weighted by Gasteiger charge is -2.12. The fourth-order valence-corrected chi connectivity index (χ4v) is 2.91. The monoisotopic (exact) mass is 332 g/mol. The number of ether oxygens (including phenoxy) is 1. The Morgan fingerprint density at radius 1 is 1.48 bits per heavy atom. The first kappa shape index (κ1) is 16.1. The van der Waals surface area contributed by atoms with Gasteiger partial charge in [-0.25, -0.2) is 8.42 Å². The van der Waals surface area contributed by atoms with Gasteiger partial charge in [-0.1, -0.05) is 11.6 Å². The van der Waals surface area contributed by atoms with Gasteiger partial charge in [0.15, 0.2) is 0 Å². The molecular formula is C13H17ClN2O4S. The van der Waals surface area contributed by atoms with Gasteiger partial charge in [-0.2, -0.15) is 0 Å². The molecule has 1 aromatic carbocycles. The minimum Gasteiger partial charge on any atom is -0.376 e. The number of hydrogen-bond donors (Lipinski definition) is 2. The number of sulfonamides is 1. The molecule has 2 N–H and O–H groups in total. The summed E-state index contributed by atoms with van der Waals surface area (Å²) in [5, 5.41) is 2.95. The molecule has 0 aromatic heterocycles. The molecule has 1 amide bonds. The van der Waals surface area contributed by atoms with E-state index in [0.29, 0.717) is 12.1 Å². The maximum Gasteiger partial charge on any atom is 0.251 e. The molecular weight excluding hydrogens is 316 g/mol. The summed E-state index contributed by atoms with van der Waals surface area (Å²) in [6, 6.07) is 4.41. The van der Waals surface area contributed by atoms with Crippen molar-refractivity contribution in [3.63, 3.8) is 0 Å². The van der Waals surface area contributed by atoms with Crippen molar-refractivity contribution >= 4 is 33.2 Å². The lowest BCUT2D eigenvalue weighted by Crippen LogP contribution is -2.31. The Labute approximate surface area is 128 Å². The smallest absolute Gasteiger partial charge is 0.251 e. The van der Waals surface area contributed by atoms with Crippen molar-refractivity contribution in [1.29, 1.82) is 0 Å². The zero-order chi connectivity index (χ0) is 15.5. The van der Waals surface area contributed by atoms with Crippen molar-refractivity contribution in [2.24, 2.45) is 0 Å². The summed E-state index contributed by atoms with van der Waals surface area (Å²) in [6.07, 6.45) is 3.05. The van der Waals surface area contributed by atoms with E-state index in [-0.39, 0.29) is 22.7 Å². The molecule has 0 unspecified atom stereocenters. The summed E-state index contributed by atoms with van der Waals surface area (Å²) in [5.74, 6) is -0.265. The Morgan fingerprint density at radius 3 is 2.81 bits per heavy atom. The molecule has 1 atom stereocenters. The van der Waals surface area contributed by atoms with Gasteiger partial charge in [-0.3, -0.25) is 9.52 Å². The fourth-order valence-electron chi connectivity index (χ4n) is 2.05. The van der Waals surface area contributed by atoms with E-state index in [1.807, 2.05) is 0 Å². The molecule has 2 rings (SSSR count). The summed E-state index contributed by atoms with van der Waals surface area (Å²) in [4.78, 5) is 12.0. The molecule has 1 aliphatic heterocycles. The van der Waals surface area contributed by atoms with Gasteiger partial charge in [0.25, 0.3) is 5.91 Å². The number of nitrogens with one attached hydrogen (secondary N) is 2. The molecule has 0 radical (unpaired) electrons. The van der Waals surface area contributed by atoms with Gasteiger partial charge in [0, 0.05) is 18.7 Å². The predicted octanol–water partition coefficient (Wildman–Crippen LogP) is 1.62. The van der Waals surface area contributed by atoms with Crippen molar-refractivity contribution < 1.29 is 17.9 Å². The van der Waals surface area contributed by atoms with E-state index in [1.165, 1.54) is 18.2 Å². The third-order valence-electron chi connectivity index (χ3n) is 3.04. The van der Waals surface area contributed by atoms with Crippen LogP contribution in [0.2, 0.25) is 5.02 Å². The topological polar surface area (TPSA) is 84.5 Å². The van der Waals surface area contributed by atoms with Crippen LogP contribution in [0.15, 0.2) is 18.2 Å². The van der Waals surface area contributed by atoms with Gasteiger partial charge >= 0.3 is 0 Å². The van der Waals surface area contributed by atoms with E-state index in [2.05, 4.69) is 10.0 Å². The van der Waals surface area contributed by atoms with Gasteiger partial charge in [0.2, 0.25) is 10.0 Å². The van der Waals surface area contributed by atoms with Crippen molar-refractivity contribution in [3.05, 3.63) is 28.8 Å². The summed E-state index contributed by atoms with van der Waals surface area (Å²) in [5.41, 5.74) is 0.617. The first-order valence-corrected chi connectivity index (χ1v) is 8.79. The average Bonchev–Trinajstić information content (AvgIpc) is 2.90. The van der Waals surface area contributed by atoms with E-state index < -0.39 is 10.0 Å². The van der Waals surface area contributed by atoms with Crippen molar-refractivity contribution in [2.45, 2.75) is 18.9 Å². The number of hydrogen-bond acceptors (Lipinski definition) is 4. The third-order valence-corrected chi connectivity index (χ3v) is 3.94. The molecule has 0 bridgehead atoms. The Kier molecular flexibility index (Phi) is 5.08. The van der Waals surface area contributed by atoms with Gasteiger partial charge in [-0.15, -0.1) is 0 Å². The van der Waals surface area contributed by atoms with E-state index in [0.717, 1.165) is 25.7 Å². The van der Waals surface area contributed by atoms with Crippen LogP contribution in [-0.2, 0) is 14.8 Å². The average molecular weight is 333 g/mol. The van der Waals surface area contributed by atoms with Crippen molar-refractivity contribution in [1.82, 2.24) is 5.32 Å². The van der Waals surface area contributed by atoms with Gasteiger partial charge < -0.3 is 10.1 Å². The molecule has 21 heavy (non-hydrogen) atoms. The zero-order valence-electron chi connectivity index (χ0n) is 11.6. The molecule has 0 aliphatic carbocycles. The van der Waals surface area contributed by atoms with Crippen LogP contribution < -0.4 is 10.0 Å². The molecule has 6 nitrogen and oxygen atoms in total. The second-order valence-corrected chi connectivity index (χ2v) is 7.07. The Hall–Kier alpha value is -1.31. The number of benzene rings is 1. The second-order valence-electron chi connectivity index (χ2n) is 4.91. The van der Waals surface area contributed by atoms with Crippen molar-refractivity contribution in [2.75, 3.05) is 24.1 Å². The highest BCUT2D eigenvalue weighted by molar-refractivity contribution is 7.92. The SMILES string of the molecule is CS(=O)(=O)Nc1ccc(C(=O)NC[C@H]2CCCO2)cc1Cl. The molecule has 1 aliphatic rings. The van der Waals surface area contributed by atoms with E-state index in [1.54, 1.807) is 0 Å². The molecule has 1 saturated heterocycles. The highest BCUT2D eigenvalue weighted by Gasteiger charge is 2.17. The molecule has 0 spiro atoms. The van der Waals surface area contributed by atoms with E-state index in [4.69, 9.17) is 16.3 Å². The van der Waals surface area contributed by atoms with Crippen LogP contribution in [0.3, 0.4) is 0 Å². The van der Waals surface area contributed by atoms with E-state index >= 15 is 0 Å². The summed E-state index contributed by atoms with van der Waals surface area (Å²) < 4.78 is 30.0. The lowest BCUT2D eigenvalue weighted by molar-refractivity contribution is 0.0858. The van der Waals surface area contributed by atoms with Crippen LogP contribution in [0.25, 0.3) is 0 Å². The minimum absolute atomic E-state index is 0.0654. The maximum atomic E-state index is 12.0. The summed E-state index contributed by atoms with van der Waals surface area (Å²) in [7, 11) is -3.41. The molecule has 116 valence electrons. The summed E-state index contributed by atoms with van der Waals surface area (Å²) in [6.45, 7) is 1.19. The van der Waals surface area contributed by atoms with Gasteiger partial charge in [0.05, 0.1) is 23.1 Å². The Morgan fingerprint density at radius 2 is 2.24 bits per heavy atom. The Bertz CT molecular complexity index is 627. The molecule has 1 fully saturated rings. The standard InChI is InChI=1S/C13H17ClN2O4S/c1-21(18,19)16-12-5-4-9(7-11(12)14)13(17)15-8-10-3-2-6-20-10/h4-5,7,10,16H,2-3,6,8H2,1H3,(H,15,17)/t10-/m1/s1. The molecule has 0 saturated carbocycles. The molecule has 1 heterocycles. The van der Waals surface area contributed by atoms with Crippen LogP contribution in [0.4, 0.5) is 5.69 Å². The first-order chi connectivity index (χ1) is 9.85. The number of halogens is 1. The van der Waals surface area contributed by atoms with Crippen LogP contribution in [0, 0.1) is 0 Å². The second kappa shape index (κ2) is 6.64. The van der Waals surface area contributed by atoms with Crippen LogP contribution >= 0.6 is 11.6 Å². The largest absolute Gasteiger partial charge is 0.376 e. The number of anilines is 1. The predicted molar refractivity (Wildman–Crippen MR) is 81.2 cm³/mol. The fraction of sp³-hybridized carbons (Fsp3) is 0.462. The third kappa shape index (κ3) is 4.87. The van der Waals surface area contributed by atoms with Crippen molar-refractivity contribution in [3.8, 4) is 0 Å². The van der Waals surface area contributed by atoms with Crippen LogP contribution in [-0.4, -0.2) is 39.8 Å². The number of carbonyl (C=O) groups excluding carboxylic acids is 1. The highest BCUT2D eigenvalue weighted by atomic mass is 35.5. The minimum atomic E-state index is -3.41. The molecule has 8 heteroatoms. The van der Waals surface area contributed by atoms with Crippen LogP contribution in [0.1, 0.15) is 23.2 Å². The lowest BCUT2D eigenvalue weighted by atomic mass is 10.2. The first-order valence-electron chi connectivity index (χ1n) is 6.52. The summed E-state index contributed by atoms with van der Waals surface area (Å²) >= 11 is 5.98. The number of rotatable bonds is 5. The van der Waals surface area contributed by atoms with Crippen LogP contribution in [0.5, 0.6) is 0 Å². The quantitative estimate of drug-likeness (QED) is 0.858. The number of carbonyl (C=O) groups is 1. The normalized spacial score (nSPS) is 18.5. The Balaban J connectivity index is 1.99.